The Hall–Kier alpha value is -0.821. The average Bonchev–Trinajstić information content (AvgIpc) is 2.25. The third-order valence-electron chi connectivity index (χ3n) is 1.88. The number of halogens is 2. The van der Waals surface area contributed by atoms with Crippen molar-refractivity contribution in [1.82, 2.24) is 0 Å². The van der Waals surface area contributed by atoms with E-state index in [1.807, 2.05) is 30.3 Å². The summed E-state index contributed by atoms with van der Waals surface area (Å²) in [6, 6.07) is 14.6. The van der Waals surface area contributed by atoms with Gasteiger partial charge in [-0.15, -0.1) is 0 Å². The summed E-state index contributed by atoms with van der Waals surface area (Å²) in [5.74, 6) is -0.216. The van der Waals surface area contributed by atoms with Crippen LogP contribution in [-0.4, -0.2) is 15.0 Å². The van der Waals surface area contributed by atoms with Gasteiger partial charge in [0.05, 0.1) is 0 Å². The van der Waals surface area contributed by atoms with Gasteiger partial charge in [0.1, 0.15) is 0 Å². The Kier molecular flexibility index (Phi) is 3.42. The fourth-order valence-electron chi connectivity index (χ4n) is 1.19. The molecule has 0 aromatic heterocycles. The Morgan fingerprint density at radius 1 is 0.933 bits per heavy atom. The van der Waals surface area contributed by atoms with E-state index in [1.54, 1.807) is 12.1 Å². The summed E-state index contributed by atoms with van der Waals surface area (Å²) < 4.78 is 15.2. The summed E-state index contributed by atoms with van der Waals surface area (Å²) >= 11 is 5.89. The predicted octanol–water partition coefficient (Wildman–Crippen LogP) is 2.13. The van der Waals surface area contributed by atoms with Crippen LogP contribution in [0.3, 0.4) is 0 Å². The van der Waals surface area contributed by atoms with Crippen molar-refractivity contribution < 1.29 is 4.39 Å². The van der Waals surface area contributed by atoms with Crippen molar-refractivity contribution in [2.24, 2.45) is 0 Å². The molecule has 0 N–H and O–H groups in total. The average molecular weight is 286 g/mol. The fraction of sp³-hybridized carbons (Fsp3) is 0. The molecule has 0 nitrogen and oxygen atoms in total. The van der Waals surface area contributed by atoms with Crippen LogP contribution in [0, 0.1) is 5.82 Å². The molecule has 2 rings (SSSR count). The third kappa shape index (κ3) is 2.60. The van der Waals surface area contributed by atoms with Gasteiger partial charge in [-0.05, 0) is 0 Å². The van der Waals surface area contributed by atoms with Gasteiger partial charge < -0.3 is 0 Å². The van der Waals surface area contributed by atoms with Gasteiger partial charge >= 0.3 is 99.2 Å². The summed E-state index contributed by atoms with van der Waals surface area (Å²) in [5, 5.41) is 0.513. The topological polar surface area (TPSA) is 0 Å². The van der Waals surface area contributed by atoms with E-state index in [2.05, 4.69) is 0 Å². The zero-order valence-corrected chi connectivity index (χ0v) is 10.3. The predicted molar refractivity (Wildman–Crippen MR) is 62.9 cm³/mol. The molecule has 0 heterocycles. The maximum atomic E-state index is 13.5. The van der Waals surface area contributed by atoms with E-state index in [1.165, 1.54) is 6.07 Å². The van der Waals surface area contributed by atoms with Crippen molar-refractivity contribution in [3.05, 3.63) is 59.4 Å². The molecule has 0 aliphatic rings. The van der Waals surface area contributed by atoms with Crippen LogP contribution in [0.15, 0.2) is 48.5 Å². The fourth-order valence-corrected chi connectivity index (χ4v) is 3.35. The summed E-state index contributed by atoms with van der Waals surface area (Å²) in [4.78, 5) is 0. The summed E-state index contributed by atoms with van der Waals surface area (Å²) in [6.45, 7) is 0. The van der Waals surface area contributed by atoms with Crippen molar-refractivity contribution in [3.8, 4) is 0 Å². The van der Waals surface area contributed by atoms with E-state index in [0.29, 0.717) is 9.48 Å². The van der Waals surface area contributed by atoms with E-state index in [0.717, 1.165) is 4.46 Å². The van der Waals surface area contributed by atoms with Crippen LogP contribution < -0.4 is 8.92 Å². The monoisotopic (exact) mass is 286 g/mol. The molecule has 0 radical (unpaired) electrons. The second kappa shape index (κ2) is 4.80. The van der Waals surface area contributed by atoms with Gasteiger partial charge in [-0.1, -0.05) is 0 Å². The molecule has 0 aliphatic heterocycles. The second-order valence-electron chi connectivity index (χ2n) is 2.97. The first-order chi connectivity index (χ1) is 7.27. The van der Waals surface area contributed by atoms with Gasteiger partial charge in [0.2, 0.25) is 0 Å². The van der Waals surface area contributed by atoms with Crippen LogP contribution in [0.25, 0.3) is 0 Å². The molecule has 0 saturated heterocycles. The van der Waals surface area contributed by atoms with Crippen LogP contribution in [0.1, 0.15) is 0 Å². The first kappa shape index (κ1) is 10.7. The molecule has 3 heteroatoms. The van der Waals surface area contributed by atoms with Gasteiger partial charge in [0.25, 0.3) is 0 Å². The molecule has 15 heavy (non-hydrogen) atoms. The Bertz CT molecular complexity index is 436. The standard InChI is InChI=1S/C12H8ClFSe/c13-10-7-4-8-11(14)12(10)15-9-5-2-1-3-6-9/h1-8H. The van der Waals surface area contributed by atoms with Crippen LogP contribution in [-0.2, 0) is 0 Å². The van der Waals surface area contributed by atoms with Crippen molar-refractivity contribution in [2.45, 2.75) is 0 Å². The number of hydrogen-bond acceptors (Lipinski definition) is 0. The molecule has 0 spiro atoms. The Labute approximate surface area is 99.2 Å². The Morgan fingerprint density at radius 2 is 1.67 bits per heavy atom. The molecule has 0 bridgehead atoms. The van der Waals surface area contributed by atoms with Gasteiger partial charge in [-0.25, -0.2) is 0 Å². The van der Waals surface area contributed by atoms with E-state index in [-0.39, 0.29) is 20.8 Å². The van der Waals surface area contributed by atoms with Crippen molar-refractivity contribution >= 4 is 35.5 Å². The molecule has 0 atom stereocenters. The molecular weight excluding hydrogens is 278 g/mol. The molecule has 0 unspecified atom stereocenters. The first-order valence-electron chi connectivity index (χ1n) is 4.44. The number of benzene rings is 2. The van der Waals surface area contributed by atoms with Gasteiger partial charge in [-0.3, -0.25) is 0 Å². The van der Waals surface area contributed by atoms with Gasteiger partial charge in [-0.2, -0.15) is 0 Å². The molecule has 0 fully saturated rings. The van der Waals surface area contributed by atoms with Crippen molar-refractivity contribution in [3.63, 3.8) is 0 Å². The van der Waals surface area contributed by atoms with E-state index >= 15 is 0 Å². The van der Waals surface area contributed by atoms with Crippen LogP contribution in [0.4, 0.5) is 4.39 Å². The molecule has 2 aromatic carbocycles. The summed E-state index contributed by atoms with van der Waals surface area (Å²) in [5.41, 5.74) is 0. The number of hydrogen-bond donors (Lipinski definition) is 0. The van der Waals surface area contributed by atoms with Crippen LogP contribution in [0.5, 0.6) is 0 Å². The van der Waals surface area contributed by atoms with Gasteiger partial charge in [0.15, 0.2) is 0 Å². The molecule has 76 valence electrons. The Morgan fingerprint density at radius 3 is 2.33 bits per heavy atom. The summed E-state index contributed by atoms with van der Waals surface area (Å²) in [7, 11) is 0. The van der Waals surface area contributed by atoms with E-state index in [4.69, 9.17) is 11.6 Å². The quantitative estimate of drug-likeness (QED) is 0.742. The first-order valence-corrected chi connectivity index (χ1v) is 6.53. The molecule has 2 aromatic rings. The third-order valence-corrected chi connectivity index (χ3v) is 4.82. The van der Waals surface area contributed by atoms with E-state index in [9.17, 15) is 4.39 Å². The molecule has 0 aliphatic carbocycles. The van der Waals surface area contributed by atoms with Crippen LogP contribution >= 0.6 is 11.6 Å². The Balaban J connectivity index is 2.32. The van der Waals surface area contributed by atoms with Crippen molar-refractivity contribution in [2.75, 3.05) is 0 Å². The minimum atomic E-state index is -0.216. The zero-order chi connectivity index (χ0) is 10.7. The van der Waals surface area contributed by atoms with Crippen molar-refractivity contribution in [1.29, 1.82) is 0 Å². The number of rotatable bonds is 2. The second-order valence-corrected chi connectivity index (χ2v) is 5.65. The van der Waals surface area contributed by atoms with Gasteiger partial charge in [0, 0.05) is 0 Å². The zero-order valence-electron chi connectivity index (χ0n) is 7.78. The SMILES string of the molecule is Fc1cccc(Cl)c1[Se]c1ccccc1. The van der Waals surface area contributed by atoms with Crippen LogP contribution in [0.2, 0.25) is 5.02 Å². The normalized spacial score (nSPS) is 10.3. The summed E-state index contributed by atoms with van der Waals surface area (Å²) in [6.07, 6.45) is 0. The van der Waals surface area contributed by atoms with E-state index < -0.39 is 0 Å². The molecule has 0 amide bonds. The minimum absolute atomic E-state index is 0.0658. The maximum absolute atomic E-state index is 13.5. The molecule has 0 saturated carbocycles. The molecular formula is C12H8ClFSe.